The van der Waals surface area contributed by atoms with Gasteiger partial charge in [-0.3, -0.25) is 9.59 Å². The molecule has 0 radical (unpaired) electrons. The Labute approximate surface area is 120 Å². The van der Waals surface area contributed by atoms with Crippen molar-refractivity contribution in [3.8, 4) is 5.75 Å². The van der Waals surface area contributed by atoms with Gasteiger partial charge in [-0.1, -0.05) is 15.9 Å². The number of carbonyl (C=O) groups excluding carboxylic acids is 1. The van der Waals surface area contributed by atoms with Crippen LogP contribution in [-0.4, -0.2) is 30.6 Å². The summed E-state index contributed by atoms with van der Waals surface area (Å²) in [5.74, 6) is -0.353. The Morgan fingerprint density at radius 1 is 1.42 bits per heavy atom. The number of benzene rings is 1. The zero-order chi connectivity index (χ0) is 14.3. The average molecular weight is 330 g/mol. The third kappa shape index (κ3) is 5.74. The summed E-state index contributed by atoms with van der Waals surface area (Å²) < 4.78 is 6.06. The fraction of sp³-hybridized carbons (Fsp3) is 0.385. The molecule has 19 heavy (non-hydrogen) atoms. The van der Waals surface area contributed by atoms with Crippen molar-refractivity contribution in [2.24, 2.45) is 0 Å². The van der Waals surface area contributed by atoms with Crippen LogP contribution in [0.15, 0.2) is 22.7 Å². The Morgan fingerprint density at radius 2 is 2.16 bits per heavy atom. The van der Waals surface area contributed by atoms with Crippen LogP contribution >= 0.6 is 15.9 Å². The Kier molecular flexibility index (Phi) is 6.35. The van der Waals surface area contributed by atoms with Gasteiger partial charge in [0.25, 0.3) is 0 Å². The maximum Gasteiger partial charge on any atom is 0.303 e. The lowest BCUT2D eigenvalue weighted by molar-refractivity contribution is -0.137. The predicted octanol–water partition coefficient (Wildman–Crippen LogP) is 1.98. The van der Waals surface area contributed by atoms with E-state index in [0.717, 1.165) is 10.0 Å². The van der Waals surface area contributed by atoms with E-state index in [1.807, 2.05) is 12.1 Å². The monoisotopic (exact) mass is 329 g/mol. The molecule has 0 heterocycles. The third-order valence-electron chi connectivity index (χ3n) is 2.48. The van der Waals surface area contributed by atoms with E-state index in [0.29, 0.717) is 18.7 Å². The number of methoxy groups -OCH3 is 1. The molecule has 2 N–H and O–H groups in total. The highest BCUT2D eigenvalue weighted by Gasteiger charge is 2.09. The van der Waals surface area contributed by atoms with E-state index in [1.54, 1.807) is 13.2 Å². The molecule has 5 nitrogen and oxygen atoms in total. The smallest absolute Gasteiger partial charge is 0.303 e. The van der Waals surface area contributed by atoms with Crippen LogP contribution in [-0.2, 0) is 16.0 Å². The van der Waals surface area contributed by atoms with Gasteiger partial charge >= 0.3 is 5.97 Å². The van der Waals surface area contributed by atoms with Crippen LogP contribution in [0.3, 0.4) is 0 Å². The van der Waals surface area contributed by atoms with Gasteiger partial charge in [0.05, 0.1) is 13.5 Å². The van der Waals surface area contributed by atoms with Crippen LogP contribution in [0.25, 0.3) is 0 Å². The molecule has 0 saturated carbocycles. The van der Waals surface area contributed by atoms with E-state index in [1.165, 1.54) is 0 Å². The molecule has 0 aliphatic carbocycles. The molecular weight excluding hydrogens is 314 g/mol. The average Bonchev–Trinajstić information content (AvgIpc) is 2.35. The second-order valence-corrected chi connectivity index (χ2v) is 4.90. The topological polar surface area (TPSA) is 75.6 Å². The van der Waals surface area contributed by atoms with E-state index >= 15 is 0 Å². The van der Waals surface area contributed by atoms with Gasteiger partial charge < -0.3 is 15.2 Å². The van der Waals surface area contributed by atoms with Crippen LogP contribution in [0, 0.1) is 0 Å². The van der Waals surface area contributed by atoms with E-state index in [4.69, 9.17) is 9.84 Å². The second kappa shape index (κ2) is 7.78. The number of rotatable bonds is 7. The lowest BCUT2D eigenvalue weighted by Crippen LogP contribution is -2.26. The number of amides is 1. The van der Waals surface area contributed by atoms with E-state index < -0.39 is 5.97 Å². The summed E-state index contributed by atoms with van der Waals surface area (Å²) in [7, 11) is 1.55. The molecule has 1 aromatic carbocycles. The van der Waals surface area contributed by atoms with Crippen molar-refractivity contribution < 1.29 is 19.4 Å². The molecule has 6 heteroatoms. The summed E-state index contributed by atoms with van der Waals surface area (Å²) >= 11 is 3.34. The lowest BCUT2D eigenvalue weighted by atomic mass is 10.1. The minimum Gasteiger partial charge on any atom is -0.496 e. The highest BCUT2D eigenvalue weighted by molar-refractivity contribution is 9.10. The quantitative estimate of drug-likeness (QED) is 0.750. The van der Waals surface area contributed by atoms with Crippen molar-refractivity contribution in [3.63, 3.8) is 0 Å². The van der Waals surface area contributed by atoms with Crippen LogP contribution < -0.4 is 10.1 Å². The highest BCUT2D eigenvalue weighted by atomic mass is 79.9. The predicted molar refractivity (Wildman–Crippen MR) is 74.3 cm³/mol. The Balaban J connectivity index is 2.47. The summed E-state index contributed by atoms with van der Waals surface area (Å²) in [5, 5.41) is 11.2. The fourth-order valence-corrected chi connectivity index (χ4v) is 2.00. The molecule has 104 valence electrons. The minimum atomic E-state index is -0.858. The fourth-order valence-electron chi connectivity index (χ4n) is 1.59. The van der Waals surface area contributed by atoms with Crippen molar-refractivity contribution >= 4 is 27.8 Å². The summed E-state index contributed by atoms with van der Waals surface area (Å²) in [5.41, 5.74) is 0.785. The summed E-state index contributed by atoms with van der Waals surface area (Å²) in [6, 6.07) is 5.46. The van der Waals surface area contributed by atoms with Gasteiger partial charge in [-0.05, 0) is 24.6 Å². The molecule has 0 fully saturated rings. The Morgan fingerprint density at radius 3 is 2.79 bits per heavy atom. The number of aliphatic carboxylic acids is 1. The first kappa shape index (κ1) is 15.5. The molecule has 0 spiro atoms. The summed E-state index contributed by atoms with van der Waals surface area (Å²) in [4.78, 5) is 22.0. The van der Waals surface area contributed by atoms with Crippen molar-refractivity contribution in [1.82, 2.24) is 5.32 Å². The maximum absolute atomic E-state index is 11.7. The molecular formula is C13H16BrNO4. The van der Waals surface area contributed by atoms with Crippen LogP contribution in [0.4, 0.5) is 0 Å². The Hall–Kier alpha value is -1.56. The van der Waals surface area contributed by atoms with Crippen molar-refractivity contribution in [1.29, 1.82) is 0 Å². The zero-order valence-electron chi connectivity index (χ0n) is 10.6. The summed E-state index contributed by atoms with van der Waals surface area (Å²) in [6.45, 7) is 0.363. The highest BCUT2D eigenvalue weighted by Crippen LogP contribution is 2.23. The number of hydrogen-bond donors (Lipinski definition) is 2. The lowest BCUT2D eigenvalue weighted by Gasteiger charge is -2.09. The Bertz CT molecular complexity index is 462. The minimum absolute atomic E-state index is 0.0560. The van der Waals surface area contributed by atoms with Gasteiger partial charge in [0.1, 0.15) is 5.75 Å². The number of carbonyl (C=O) groups is 2. The standard InChI is InChI=1S/C13H16BrNO4/c1-19-11-5-4-10(14)7-9(11)8-12(16)15-6-2-3-13(17)18/h4-5,7H,2-3,6,8H2,1H3,(H,15,16)(H,17,18). The van der Waals surface area contributed by atoms with Gasteiger partial charge in [-0.25, -0.2) is 0 Å². The van der Waals surface area contributed by atoms with E-state index in [9.17, 15) is 9.59 Å². The third-order valence-corrected chi connectivity index (χ3v) is 2.98. The first-order valence-corrected chi connectivity index (χ1v) is 6.63. The van der Waals surface area contributed by atoms with Crippen LogP contribution in [0.1, 0.15) is 18.4 Å². The number of halogens is 1. The van der Waals surface area contributed by atoms with E-state index in [-0.39, 0.29) is 18.7 Å². The molecule has 0 aromatic heterocycles. The largest absolute Gasteiger partial charge is 0.496 e. The molecule has 1 rings (SSSR count). The SMILES string of the molecule is COc1ccc(Br)cc1CC(=O)NCCCC(=O)O. The normalized spacial score (nSPS) is 10.0. The molecule has 0 saturated heterocycles. The number of carboxylic acids is 1. The number of ether oxygens (including phenoxy) is 1. The van der Waals surface area contributed by atoms with Gasteiger partial charge in [-0.2, -0.15) is 0 Å². The summed E-state index contributed by atoms with van der Waals surface area (Å²) in [6.07, 6.45) is 0.687. The second-order valence-electron chi connectivity index (χ2n) is 3.98. The van der Waals surface area contributed by atoms with Gasteiger partial charge in [0.15, 0.2) is 0 Å². The van der Waals surface area contributed by atoms with Crippen molar-refractivity contribution in [2.75, 3.05) is 13.7 Å². The van der Waals surface area contributed by atoms with Gasteiger partial charge in [0.2, 0.25) is 5.91 Å². The molecule has 0 atom stereocenters. The van der Waals surface area contributed by atoms with Crippen molar-refractivity contribution in [2.45, 2.75) is 19.3 Å². The maximum atomic E-state index is 11.7. The first-order chi connectivity index (χ1) is 9.02. The molecule has 0 aliphatic rings. The molecule has 1 aromatic rings. The zero-order valence-corrected chi connectivity index (χ0v) is 12.2. The van der Waals surface area contributed by atoms with Crippen LogP contribution in [0.5, 0.6) is 5.75 Å². The number of nitrogens with one attached hydrogen (secondary N) is 1. The van der Waals surface area contributed by atoms with Gasteiger partial charge in [0, 0.05) is 23.0 Å². The number of hydrogen-bond acceptors (Lipinski definition) is 3. The number of carboxylic acid groups (broad SMARTS) is 1. The molecule has 0 aliphatic heterocycles. The van der Waals surface area contributed by atoms with Gasteiger partial charge in [-0.15, -0.1) is 0 Å². The van der Waals surface area contributed by atoms with Crippen LogP contribution in [0.2, 0.25) is 0 Å². The van der Waals surface area contributed by atoms with E-state index in [2.05, 4.69) is 21.2 Å². The molecule has 1 amide bonds. The molecule has 0 bridgehead atoms. The van der Waals surface area contributed by atoms with Crippen molar-refractivity contribution in [3.05, 3.63) is 28.2 Å². The molecule has 0 unspecified atom stereocenters. The first-order valence-electron chi connectivity index (χ1n) is 5.84.